The molecule has 21 heavy (non-hydrogen) atoms. The third-order valence-corrected chi connectivity index (χ3v) is 4.17. The number of rotatable bonds is 6. The molecular formula is C11H15F2NO6S. The van der Waals surface area contributed by atoms with Gasteiger partial charge in [-0.2, -0.15) is 0 Å². The fourth-order valence-corrected chi connectivity index (χ4v) is 3.12. The Kier molecular flexibility index (Phi) is 5.07. The molecule has 0 saturated heterocycles. The van der Waals surface area contributed by atoms with Crippen LogP contribution in [-0.4, -0.2) is 45.7 Å². The van der Waals surface area contributed by atoms with Crippen LogP contribution in [0.4, 0.5) is 8.78 Å². The predicted molar refractivity (Wildman–Crippen MR) is 66.7 cm³/mol. The Labute approximate surface area is 119 Å². The number of alkyl halides is 2. The van der Waals surface area contributed by atoms with Crippen LogP contribution in [0.3, 0.4) is 0 Å². The maximum absolute atomic E-state index is 12.9. The van der Waals surface area contributed by atoms with Crippen molar-refractivity contribution in [2.24, 2.45) is 0 Å². The predicted octanol–water partition coefficient (Wildman–Crippen LogP) is 0.589. The van der Waals surface area contributed by atoms with E-state index in [9.17, 15) is 22.0 Å². The van der Waals surface area contributed by atoms with Crippen molar-refractivity contribution in [3.8, 4) is 0 Å². The molecule has 0 aliphatic rings. The van der Waals surface area contributed by atoms with Crippen molar-refractivity contribution >= 4 is 16.0 Å². The molecule has 1 aromatic heterocycles. The van der Waals surface area contributed by atoms with E-state index in [4.69, 9.17) is 9.52 Å². The summed E-state index contributed by atoms with van der Waals surface area (Å²) >= 11 is 0. The first-order valence-corrected chi connectivity index (χ1v) is 7.20. The molecule has 2 N–H and O–H groups in total. The summed E-state index contributed by atoms with van der Waals surface area (Å²) in [7, 11) is -3.39. The van der Waals surface area contributed by atoms with Crippen LogP contribution in [0.1, 0.15) is 21.9 Å². The van der Waals surface area contributed by atoms with Gasteiger partial charge in [-0.25, -0.2) is 26.7 Å². The Bertz CT molecular complexity index is 637. The number of carbonyl (C=O) groups is 1. The Morgan fingerprint density at radius 2 is 1.95 bits per heavy atom. The Hall–Kier alpha value is -1.52. The van der Waals surface area contributed by atoms with Gasteiger partial charge < -0.3 is 14.3 Å². The highest BCUT2D eigenvalue weighted by Crippen LogP contribution is 2.27. The van der Waals surface area contributed by atoms with Gasteiger partial charge >= 0.3 is 5.97 Å². The Morgan fingerprint density at radius 3 is 2.43 bits per heavy atom. The smallest absolute Gasteiger partial charge is 0.342 e. The minimum absolute atomic E-state index is 0.00589. The molecule has 7 nitrogen and oxygen atoms in total. The highest BCUT2D eigenvalue weighted by atomic mass is 32.2. The lowest BCUT2D eigenvalue weighted by Gasteiger charge is -2.14. The third-order valence-electron chi connectivity index (χ3n) is 2.62. The van der Waals surface area contributed by atoms with Crippen LogP contribution in [0.2, 0.25) is 0 Å². The summed E-state index contributed by atoms with van der Waals surface area (Å²) in [6.07, 6.45) is 0. The van der Waals surface area contributed by atoms with E-state index in [1.54, 1.807) is 4.72 Å². The van der Waals surface area contributed by atoms with Gasteiger partial charge in [0, 0.05) is 0 Å². The second kappa shape index (κ2) is 6.08. The average molecular weight is 327 g/mol. The number of esters is 1. The highest BCUT2D eigenvalue weighted by Gasteiger charge is 2.35. The molecule has 1 heterocycles. The molecule has 0 amide bonds. The molecule has 0 saturated carbocycles. The normalized spacial score (nSPS) is 12.5. The van der Waals surface area contributed by atoms with Crippen LogP contribution in [0.25, 0.3) is 0 Å². The van der Waals surface area contributed by atoms with Crippen LogP contribution in [-0.2, 0) is 14.8 Å². The number of nitrogens with one attached hydrogen (secondary N) is 1. The summed E-state index contributed by atoms with van der Waals surface area (Å²) in [6, 6.07) is 0. The number of aliphatic hydroxyl groups is 1. The molecule has 0 aliphatic heterocycles. The Morgan fingerprint density at radius 1 is 1.38 bits per heavy atom. The molecular weight excluding hydrogens is 312 g/mol. The lowest BCUT2D eigenvalue weighted by atomic mass is 10.2. The molecule has 0 fully saturated rings. The van der Waals surface area contributed by atoms with E-state index in [-0.39, 0.29) is 17.1 Å². The maximum Gasteiger partial charge on any atom is 0.342 e. The van der Waals surface area contributed by atoms with Crippen molar-refractivity contribution in [2.45, 2.75) is 24.7 Å². The van der Waals surface area contributed by atoms with Crippen LogP contribution >= 0.6 is 0 Å². The van der Waals surface area contributed by atoms with E-state index >= 15 is 0 Å². The summed E-state index contributed by atoms with van der Waals surface area (Å²) in [4.78, 5) is 11.1. The van der Waals surface area contributed by atoms with Crippen LogP contribution in [0.5, 0.6) is 0 Å². The topological polar surface area (TPSA) is 106 Å². The summed E-state index contributed by atoms with van der Waals surface area (Å²) in [5.41, 5.74) is -0.352. The first-order chi connectivity index (χ1) is 9.55. The van der Waals surface area contributed by atoms with Gasteiger partial charge in [-0.3, -0.25) is 0 Å². The molecule has 0 bridgehead atoms. The summed E-state index contributed by atoms with van der Waals surface area (Å²) in [5, 5.41) is 8.42. The maximum atomic E-state index is 12.9. The number of carbonyl (C=O) groups excluding carboxylic acids is 1. The quantitative estimate of drug-likeness (QED) is 0.741. The number of halogens is 2. The van der Waals surface area contributed by atoms with Gasteiger partial charge in [0.2, 0.25) is 10.0 Å². The van der Waals surface area contributed by atoms with E-state index in [2.05, 4.69) is 4.74 Å². The number of hydrogen-bond donors (Lipinski definition) is 2. The first kappa shape index (κ1) is 17.5. The molecule has 0 atom stereocenters. The van der Waals surface area contributed by atoms with Gasteiger partial charge in [0.15, 0.2) is 0 Å². The fourth-order valence-electron chi connectivity index (χ4n) is 1.65. The zero-order chi connectivity index (χ0) is 16.4. The monoisotopic (exact) mass is 327 g/mol. The number of ether oxygens (including phenoxy) is 1. The van der Waals surface area contributed by atoms with Gasteiger partial charge in [0.25, 0.3) is 5.92 Å². The minimum atomic E-state index is -4.43. The summed E-state index contributed by atoms with van der Waals surface area (Å²) < 4.78 is 61.2. The van der Waals surface area contributed by atoms with Crippen molar-refractivity contribution in [1.29, 1.82) is 0 Å². The van der Waals surface area contributed by atoms with Gasteiger partial charge in [-0.15, -0.1) is 0 Å². The lowest BCUT2D eigenvalue weighted by molar-refractivity contribution is -0.0437. The number of furan rings is 1. The van der Waals surface area contributed by atoms with Gasteiger partial charge in [0.05, 0.1) is 13.7 Å². The molecule has 1 aromatic rings. The standard InChI is InChI=1S/C11H15F2NO6S/c1-6-8(10(16)19-3)9(7(2)20-6)21(17,18)14-4-11(12,13)5-15/h14-15H,4-5H2,1-3H3. The second-order valence-corrected chi connectivity index (χ2v) is 5.95. The zero-order valence-corrected chi connectivity index (χ0v) is 12.4. The zero-order valence-electron chi connectivity index (χ0n) is 11.6. The van der Waals surface area contributed by atoms with Crippen molar-refractivity contribution < 1.29 is 36.3 Å². The second-order valence-electron chi connectivity index (χ2n) is 4.25. The lowest BCUT2D eigenvalue weighted by Crippen LogP contribution is -2.39. The van der Waals surface area contributed by atoms with Crippen molar-refractivity contribution in [3.63, 3.8) is 0 Å². The number of hydrogen-bond acceptors (Lipinski definition) is 6. The van der Waals surface area contributed by atoms with Gasteiger partial charge in [-0.1, -0.05) is 0 Å². The first-order valence-electron chi connectivity index (χ1n) is 5.72. The minimum Gasteiger partial charge on any atom is -0.465 e. The van der Waals surface area contributed by atoms with Crippen LogP contribution in [0.15, 0.2) is 9.31 Å². The fraction of sp³-hybridized carbons (Fsp3) is 0.545. The number of aliphatic hydroxyl groups excluding tert-OH is 1. The van der Waals surface area contributed by atoms with Crippen LogP contribution < -0.4 is 4.72 Å². The van der Waals surface area contributed by atoms with E-state index in [1.165, 1.54) is 13.8 Å². The SMILES string of the molecule is COC(=O)c1c(C)oc(C)c1S(=O)(=O)NCC(F)(F)CO. The van der Waals surface area contributed by atoms with Gasteiger partial charge in [-0.05, 0) is 13.8 Å². The van der Waals surface area contributed by atoms with E-state index in [0.717, 1.165) is 7.11 Å². The number of methoxy groups -OCH3 is 1. The van der Waals surface area contributed by atoms with E-state index in [0.29, 0.717) is 0 Å². The van der Waals surface area contributed by atoms with Crippen molar-refractivity contribution in [2.75, 3.05) is 20.3 Å². The largest absolute Gasteiger partial charge is 0.465 e. The molecule has 0 radical (unpaired) electrons. The van der Waals surface area contributed by atoms with Crippen molar-refractivity contribution in [1.82, 2.24) is 4.72 Å². The molecule has 0 spiro atoms. The number of sulfonamides is 1. The average Bonchev–Trinajstić information content (AvgIpc) is 2.71. The van der Waals surface area contributed by atoms with Crippen LogP contribution in [0, 0.1) is 13.8 Å². The molecule has 120 valence electrons. The molecule has 0 unspecified atom stereocenters. The molecule has 0 aliphatic carbocycles. The number of aryl methyl sites for hydroxylation is 2. The van der Waals surface area contributed by atoms with Crippen molar-refractivity contribution in [3.05, 3.63) is 17.1 Å². The molecule has 1 rings (SSSR count). The molecule has 10 heteroatoms. The van der Waals surface area contributed by atoms with Gasteiger partial charge in [0.1, 0.15) is 28.6 Å². The summed E-state index contributed by atoms with van der Waals surface area (Å²) in [5.74, 6) is -4.72. The highest BCUT2D eigenvalue weighted by molar-refractivity contribution is 7.89. The van der Waals surface area contributed by atoms with E-state index in [1.807, 2.05) is 0 Å². The third kappa shape index (κ3) is 3.77. The summed E-state index contributed by atoms with van der Waals surface area (Å²) in [6.45, 7) is -0.197. The molecule has 0 aromatic carbocycles. The van der Waals surface area contributed by atoms with E-state index < -0.39 is 40.0 Å². The Balaban J connectivity index is 3.23.